The largest absolute Gasteiger partial charge is 0.376 e. The average Bonchev–Trinajstić information content (AvgIpc) is 3.40. The summed E-state index contributed by atoms with van der Waals surface area (Å²) in [6, 6.07) is -0.650. The van der Waals surface area contributed by atoms with Crippen molar-refractivity contribution in [2.24, 2.45) is 5.10 Å². The van der Waals surface area contributed by atoms with Gasteiger partial charge in [0.2, 0.25) is 5.91 Å². The first-order valence-corrected chi connectivity index (χ1v) is 12.3. The number of sulfone groups is 1. The first kappa shape index (κ1) is 23.6. The minimum absolute atomic E-state index is 0.00222. The number of amides is 2. The molecule has 2 saturated heterocycles. The fourth-order valence-corrected chi connectivity index (χ4v) is 5.95. The van der Waals surface area contributed by atoms with Crippen LogP contribution in [0.25, 0.3) is 0 Å². The number of hydrazone groups is 1. The maximum atomic E-state index is 14.3. The summed E-state index contributed by atoms with van der Waals surface area (Å²) in [7, 11) is -3.34. The van der Waals surface area contributed by atoms with Crippen LogP contribution in [0.5, 0.6) is 0 Å². The van der Waals surface area contributed by atoms with Crippen LogP contribution in [0.15, 0.2) is 11.2 Å². The second kappa shape index (κ2) is 9.01. The first-order valence-electron chi connectivity index (χ1n) is 10.4. The third-order valence-electron chi connectivity index (χ3n) is 5.91. The van der Waals surface area contributed by atoms with Gasteiger partial charge in [-0.3, -0.25) is 9.59 Å². The number of halogens is 4. The molecule has 0 aromatic heterocycles. The van der Waals surface area contributed by atoms with E-state index in [9.17, 15) is 35.6 Å². The molecule has 13 heteroatoms. The van der Waals surface area contributed by atoms with Crippen molar-refractivity contribution in [3.05, 3.63) is 29.3 Å². The van der Waals surface area contributed by atoms with E-state index in [-0.39, 0.29) is 53.8 Å². The number of anilines is 1. The van der Waals surface area contributed by atoms with Gasteiger partial charge in [-0.15, -0.1) is 0 Å². The summed E-state index contributed by atoms with van der Waals surface area (Å²) in [5, 5.41) is 3.90. The lowest BCUT2D eigenvalue weighted by Crippen LogP contribution is -2.49. The Morgan fingerprint density at radius 3 is 2.42 bits per heavy atom. The van der Waals surface area contributed by atoms with E-state index in [0.29, 0.717) is 13.0 Å². The maximum absolute atomic E-state index is 14.3. The summed E-state index contributed by atoms with van der Waals surface area (Å²) in [6.45, 7) is 0.589. The SMILES string of the molecule is O=C1CCC(C(=O)N(C[C@H]2CCCO2)[C@@H]2CCS(=O)(=O)C2)=NN1c1c(F)c(F)cc(F)c1F. The van der Waals surface area contributed by atoms with Gasteiger partial charge in [0.05, 0.1) is 17.6 Å². The number of hydrogen-bond donors (Lipinski definition) is 0. The molecular formula is C20H21F4N3O5S. The summed E-state index contributed by atoms with van der Waals surface area (Å²) in [4.78, 5) is 27.0. The van der Waals surface area contributed by atoms with E-state index in [0.717, 1.165) is 6.42 Å². The van der Waals surface area contributed by atoms with E-state index in [1.807, 2.05) is 0 Å². The van der Waals surface area contributed by atoms with Crippen molar-refractivity contribution in [1.29, 1.82) is 0 Å². The van der Waals surface area contributed by atoms with E-state index >= 15 is 0 Å². The molecule has 0 aliphatic carbocycles. The Kier molecular flexibility index (Phi) is 6.45. The van der Waals surface area contributed by atoms with E-state index in [4.69, 9.17) is 4.74 Å². The molecule has 8 nitrogen and oxygen atoms in total. The molecule has 1 aromatic rings. The molecule has 0 unspecified atom stereocenters. The standard InChI is InChI=1S/C20H21F4N3O5S/c21-13-8-14(22)18(24)19(17(13)23)27-16(28)4-3-15(25-27)20(29)26(9-12-2-1-6-32-12)11-5-7-33(30,31)10-11/h8,11-12H,1-7,9-10H2/t11-,12-/m1/s1. The van der Waals surface area contributed by atoms with Crippen LogP contribution < -0.4 is 5.01 Å². The minimum atomic E-state index is -3.34. The number of hydrogen-bond acceptors (Lipinski definition) is 6. The third-order valence-corrected chi connectivity index (χ3v) is 7.66. The van der Waals surface area contributed by atoms with Crippen molar-refractivity contribution >= 4 is 33.1 Å². The number of benzene rings is 1. The van der Waals surface area contributed by atoms with Gasteiger partial charge >= 0.3 is 0 Å². The predicted molar refractivity (Wildman–Crippen MR) is 108 cm³/mol. The van der Waals surface area contributed by atoms with Crippen LogP contribution >= 0.6 is 0 Å². The summed E-state index contributed by atoms with van der Waals surface area (Å²) in [5.74, 6) is -9.10. The Labute approximate surface area is 187 Å². The fourth-order valence-electron chi connectivity index (χ4n) is 4.22. The average molecular weight is 491 g/mol. The fraction of sp³-hybridized carbons (Fsp3) is 0.550. The Morgan fingerprint density at radius 2 is 1.85 bits per heavy atom. The van der Waals surface area contributed by atoms with E-state index < -0.39 is 63.1 Å². The Balaban J connectivity index is 1.68. The molecule has 0 N–H and O–H groups in total. The predicted octanol–water partition coefficient (Wildman–Crippen LogP) is 1.92. The Hall–Kier alpha value is -2.54. The molecule has 2 atom stereocenters. The van der Waals surface area contributed by atoms with Gasteiger partial charge in [-0.2, -0.15) is 10.1 Å². The van der Waals surface area contributed by atoms with Crippen LogP contribution in [0, 0.1) is 23.3 Å². The van der Waals surface area contributed by atoms with Crippen LogP contribution in [0.1, 0.15) is 32.1 Å². The van der Waals surface area contributed by atoms with Crippen molar-refractivity contribution in [2.75, 3.05) is 29.7 Å². The molecule has 1 aromatic carbocycles. The van der Waals surface area contributed by atoms with Gasteiger partial charge in [0.25, 0.3) is 5.91 Å². The quantitative estimate of drug-likeness (QED) is 0.463. The number of rotatable bonds is 5. The van der Waals surface area contributed by atoms with E-state index in [1.165, 1.54) is 4.90 Å². The smallest absolute Gasteiger partial charge is 0.270 e. The first-order chi connectivity index (χ1) is 15.6. The topological polar surface area (TPSA) is 96.3 Å². The van der Waals surface area contributed by atoms with Gasteiger partial charge in [0.1, 0.15) is 11.4 Å². The summed E-state index contributed by atoms with van der Waals surface area (Å²) in [6.07, 6.45) is 0.762. The molecule has 3 aliphatic heterocycles. The van der Waals surface area contributed by atoms with Crippen LogP contribution in [0.2, 0.25) is 0 Å². The summed E-state index contributed by atoms with van der Waals surface area (Å²) >= 11 is 0. The molecule has 3 aliphatic rings. The highest BCUT2D eigenvalue weighted by molar-refractivity contribution is 7.91. The lowest BCUT2D eigenvalue weighted by atomic mass is 10.1. The van der Waals surface area contributed by atoms with Crippen molar-refractivity contribution < 1.29 is 40.3 Å². The lowest BCUT2D eigenvalue weighted by molar-refractivity contribution is -0.127. The highest BCUT2D eigenvalue weighted by atomic mass is 32.2. The Bertz CT molecular complexity index is 1090. The Morgan fingerprint density at radius 1 is 1.15 bits per heavy atom. The van der Waals surface area contributed by atoms with Gasteiger partial charge in [-0.1, -0.05) is 0 Å². The van der Waals surface area contributed by atoms with Gasteiger partial charge in [-0.25, -0.2) is 26.0 Å². The van der Waals surface area contributed by atoms with Crippen molar-refractivity contribution in [3.8, 4) is 0 Å². The maximum Gasteiger partial charge on any atom is 0.270 e. The number of carbonyl (C=O) groups excluding carboxylic acids is 2. The molecule has 0 radical (unpaired) electrons. The molecule has 180 valence electrons. The summed E-state index contributed by atoms with van der Waals surface area (Å²) < 4.78 is 85.4. The van der Waals surface area contributed by atoms with Crippen molar-refractivity contribution in [1.82, 2.24) is 4.90 Å². The van der Waals surface area contributed by atoms with Crippen LogP contribution in [-0.4, -0.2) is 67.6 Å². The van der Waals surface area contributed by atoms with Gasteiger partial charge < -0.3 is 9.64 Å². The number of carbonyl (C=O) groups is 2. The number of ether oxygens (including phenoxy) is 1. The zero-order valence-corrected chi connectivity index (χ0v) is 18.2. The van der Waals surface area contributed by atoms with Crippen LogP contribution in [-0.2, 0) is 24.2 Å². The van der Waals surface area contributed by atoms with E-state index in [2.05, 4.69) is 5.10 Å². The zero-order chi connectivity index (χ0) is 23.9. The molecule has 0 spiro atoms. The molecule has 3 heterocycles. The van der Waals surface area contributed by atoms with Crippen LogP contribution in [0.3, 0.4) is 0 Å². The lowest BCUT2D eigenvalue weighted by Gasteiger charge is -2.32. The summed E-state index contributed by atoms with van der Waals surface area (Å²) in [5.41, 5.74) is -1.63. The molecule has 33 heavy (non-hydrogen) atoms. The van der Waals surface area contributed by atoms with Gasteiger partial charge in [0.15, 0.2) is 33.1 Å². The molecular weight excluding hydrogens is 470 g/mol. The zero-order valence-electron chi connectivity index (χ0n) is 17.4. The molecule has 2 amide bonds. The van der Waals surface area contributed by atoms with Crippen LogP contribution in [0.4, 0.5) is 23.2 Å². The van der Waals surface area contributed by atoms with Crippen molar-refractivity contribution in [2.45, 2.75) is 44.2 Å². The number of nitrogens with zero attached hydrogens (tertiary/aromatic N) is 3. The second-order valence-electron chi connectivity index (χ2n) is 8.22. The highest BCUT2D eigenvalue weighted by Gasteiger charge is 2.39. The van der Waals surface area contributed by atoms with Gasteiger partial charge in [-0.05, 0) is 19.3 Å². The molecule has 4 rings (SSSR count). The van der Waals surface area contributed by atoms with Crippen molar-refractivity contribution in [3.63, 3.8) is 0 Å². The second-order valence-corrected chi connectivity index (χ2v) is 10.4. The molecule has 0 bridgehead atoms. The minimum Gasteiger partial charge on any atom is -0.376 e. The third kappa shape index (κ3) is 4.74. The van der Waals surface area contributed by atoms with Gasteiger partial charge in [0, 0.05) is 38.1 Å². The monoisotopic (exact) mass is 491 g/mol. The normalized spacial score (nSPS) is 24.8. The molecule has 2 fully saturated rings. The molecule has 0 saturated carbocycles. The highest BCUT2D eigenvalue weighted by Crippen LogP contribution is 2.31. The van der Waals surface area contributed by atoms with E-state index in [1.54, 1.807) is 0 Å².